The molecule has 0 aromatic carbocycles. The first-order valence-corrected chi connectivity index (χ1v) is 5.59. The van der Waals surface area contributed by atoms with E-state index in [0.717, 1.165) is 0 Å². The molecule has 0 unspecified atom stereocenters. The van der Waals surface area contributed by atoms with Gasteiger partial charge >= 0.3 is 5.97 Å². The number of hydrogen-bond donors (Lipinski definition) is 2. The standard InChI is InChI=1S/C13H18N2O3/c1-13(2,3)12(17)15-10(11(16)18-4)8-9-6-5-7-14-9/h5-8,14H,1-4H3,(H,15,17)/b10-8+. The summed E-state index contributed by atoms with van der Waals surface area (Å²) in [5.41, 5.74) is 0.243. The molecular formula is C13H18N2O3. The number of methoxy groups -OCH3 is 1. The lowest BCUT2D eigenvalue weighted by Crippen LogP contribution is -2.36. The molecule has 0 spiro atoms. The Labute approximate surface area is 106 Å². The van der Waals surface area contributed by atoms with E-state index >= 15 is 0 Å². The molecule has 0 aliphatic carbocycles. The Morgan fingerprint density at radius 3 is 2.50 bits per heavy atom. The van der Waals surface area contributed by atoms with E-state index in [1.165, 1.54) is 13.2 Å². The third-order valence-electron chi connectivity index (χ3n) is 2.26. The van der Waals surface area contributed by atoms with Gasteiger partial charge in [0.2, 0.25) is 5.91 Å². The summed E-state index contributed by atoms with van der Waals surface area (Å²) in [5, 5.41) is 2.57. The molecule has 1 aromatic rings. The summed E-state index contributed by atoms with van der Waals surface area (Å²) in [5.74, 6) is -0.826. The Morgan fingerprint density at radius 1 is 1.39 bits per heavy atom. The van der Waals surface area contributed by atoms with Crippen LogP contribution in [0.2, 0.25) is 0 Å². The average Bonchev–Trinajstić information content (AvgIpc) is 2.78. The van der Waals surface area contributed by atoms with Gasteiger partial charge in [-0.1, -0.05) is 20.8 Å². The minimum atomic E-state index is -0.581. The van der Waals surface area contributed by atoms with Crippen molar-refractivity contribution in [3.05, 3.63) is 29.7 Å². The second-order valence-corrected chi connectivity index (χ2v) is 4.88. The summed E-state index contributed by atoms with van der Waals surface area (Å²) in [6.45, 7) is 5.31. The molecule has 1 aromatic heterocycles. The number of nitrogens with one attached hydrogen (secondary N) is 2. The molecule has 0 bridgehead atoms. The first-order valence-electron chi connectivity index (χ1n) is 5.59. The van der Waals surface area contributed by atoms with E-state index in [0.29, 0.717) is 5.69 Å². The maximum Gasteiger partial charge on any atom is 0.354 e. The van der Waals surface area contributed by atoms with Gasteiger partial charge in [-0.3, -0.25) is 4.79 Å². The van der Waals surface area contributed by atoms with Gasteiger partial charge < -0.3 is 15.0 Å². The van der Waals surface area contributed by atoms with Crippen molar-refractivity contribution in [3.63, 3.8) is 0 Å². The molecular weight excluding hydrogens is 232 g/mol. The number of carbonyl (C=O) groups is 2. The molecule has 2 N–H and O–H groups in total. The minimum absolute atomic E-state index is 0.111. The van der Waals surface area contributed by atoms with Crippen LogP contribution in [0.1, 0.15) is 26.5 Å². The van der Waals surface area contributed by atoms with Gasteiger partial charge in [-0.25, -0.2) is 4.79 Å². The maximum atomic E-state index is 11.9. The Bertz CT molecular complexity index is 453. The number of H-pyrrole nitrogens is 1. The first-order chi connectivity index (χ1) is 8.34. The average molecular weight is 250 g/mol. The highest BCUT2D eigenvalue weighted by atomic mass is 16.5. The lowest BCUT2D eigenvalue weighted by molar-refractivity contribution is -0.138. The fourth-order valence-electron chi connectivity index (χ4n) is 1.16. The predicted octanol–water partition coefficient (Wildman–Crippen LogP) is 1.69. The summed E-state index contributed by atoms with van der Waals surface area (Å²) in [6, 6.07) is 3.58. The van der Waals surface area contributed by atoms with E-state index in [1.807, 2.05) is 0 Å². The summed E-state index contributed by atoms with van der Waals surface area (Å²) in [6.07, 6.45) is 3.27. The van der Waals surface area contributed by atoms with Crippen LogP contribution in [-0.4, -0.2) is 24.0 Å². The van der Waals surface area contributed by atoms with Crippen LogP contribution in [0.15, 0.2) is 24.0 Å². The molecule has 0 radical (unpaired) electrons. The normalized spacial score (nSPS) is 12.1. The molecule has 0 fully saturated rings. The topological polar surface area (TPSA) is 71.2 Å². The molecule has 5 heteroatoms. The van der Waals surface area contributed by atoms with Crippen molar-refractivity contribution in [2.75, 3.05) is 7.11 Å². The van der Waals surface area contributed by atoms with E-state index < -0.39 is 11.4 Å². The summed E-state index contributed by atoms with van der Waals surface area (Å²) in [4.78, 5) is 26.4. The number of esters is 1. The largest absolute Gasteiger partial charge is 0.464 e. The van der Waals surface area contributed by atoms with Crippen molar-refractivity contribution in [2.24, 2.45) is 5.41 Å². The molecule has 0 saturated heterocycles. The number of carbonyl (C=O) groups excluding carboxylic acids is 2. The van der Waals surface area contributed by atoms with Crippen LogP contribution >= 0.6 is 0 Å². The number of hydrogen-bond acceptors (Lipinski definition) is 3. The summed E-state index contributed by atoms with van der Waals surface area (Å²) in [7, 11) is 1.27. The van der Waals surface area contributed by atoms with Gasteiger partial charge in [-0.2, -0.15) is 0 Å². The van der Waals surface area contributed by atoms with Crippen LogP contribution in [0.4, 0.5) is 0 Å². The van der Waals surface area contributed by atoms with Crippen LogP contribution < -0.4 is 5.32 Å². The van der Waals surface area contributed by atoms with Crippen LogP contribution in [0.25, 0.3) is 6.08 Å². The lowest BCUT2D eigenvalue weighted by atomic mass is 9.95. The van der Waals surface area contributed by atoms with Gasteiger partial charge in [0, 0.05) is 17.3 Å². The molecule has 0 aliphatic rings. The monoisotopic (exact) mass is 250 g/mol. The van der Waals surface area contributed by atoms with Crippen molar-refractivity contribution < 1.29 is 14.3 Å². The van der Waals surface area contributed by atoms with Crippen molar-refractivity contribution in [1.82, 2.24) is 10.3 Å². The number of rotatable bonds is 3. The molecule has 98 valence electrons. The third-order valence-corrected chi connectivity index (χ3v) is 2.26. The highest BCUT2D eigenvalue weighted by molar-refractivity contribution is 5.98. The van der Waals surface area contributed by atoms with Gasteiger partial charge in [0.15, 0.2) is 0 Å². The van der Waals surface area contributed by atoms with E-state index in [1.54, 1.807) is 39.1 Å². The van der Waals surface area contributed by atoms with E-state index in [-0.39, 0.29) is 11.6 Å². The van der Waals surface area contributed by atoms with Crippen LogP contribution in [-0.2, 0) is 14.3 Å². The Hall–Kier alpha value is -2.04. The number of aromatic nitrogens is 1. The van der Waals surface area contributed by atoms with E-state index in [9.17, 15) is 9.59 Å². The zero-order chi connectivity index (χ0) is 13.8. The maximum absolute atomic E-state index is 11.9. The highest BCUT2D eigenvalue weighted by Gasteiger charge is 2.24. The van der Waals surface area contributed by atoms with Gasteiger partial charge in [0.05, 0.1) is 7.11 Å². The number of amides is 1. The second-order valence-electron chi connectivity index (χ2n) is 4.88. The van der Waals surface area contributed by atoms with Crippen LogP contribution in [0, 0.1) is 5.41 Å². The Morgan fingerprint density at radius 2 is 2.06 bits per heavy atom. The van der Waals surface area contributed by atoms with Crippen LogP contribution in [0.3, 0.4) is 0 Å². The SMILES string of the molecule is COC(=O)/C(=C\c1ccc[nH]1)NC(=O)C(C)(C)C. The fourth-order valence-corrected chi connectivity index (χ4v) is 1.16. The van der Waals surface area contributed by atoms with Crippen molar-refractivity contribution in [3.8, 4) is 0 Å². The van der Waals surface area contributed by atoms with Crippen LogP contribution in [0.5, 0.6) is 0 Å². The zero-order valence-electron chi connectivity index (χ0n) is 11.0. The summed E-state index contributed by atoms with van der Waals surface area (Å²) >= 11 is 0. The third kappa shape index (κ3) is 3.76. The smallest absolute Gasteiger partial charge is 0.354 e. The predicted molar refractivity (Wildman–Crippen MR) is 68.4 cm³/mol. The summed E-state index contributed by atoms with van der Waals surface area (Å²) < 4.78 is 4.64. The van der Waals surface area contributed by atoms with Gasteiger partial charge in [-0.15, -0.1) is 0 Å². The Kier molecular flexibility index (Phi) is 4.31. The van der Waals surface area contributed by atoms with Crippen molar-refractivity contribution >= 4 is 18.0 Å². The number of aromatic amines is 1. The van der Waals surface area contributed by atoms with E-state index in [4.69, 9.17) is 0 Å². The Balaban J connectivity index is 2.94. The molecule has 1 rings (SSSR count). The first kappa shape index (κ1) is 14.0. The lowest BCUT2D eigenvalue weighted by Gasteiger charge is -2.18. The molecule has 18 heavy (non-hydrogen) atoms. The molecule has 0 atom stereocenters. The molecule has 0 saturated carbocycles. The molecule has 5 nitrogen and oxygen atoms in total. The minimum Gasteiger partial charge on any atom is -0.464 e. The quantitative estimate of drug-likeness (QED) is 0.633. The molecule has 0 aliphatic heterocycles. The molecule has 1 amide bonds. The van der Waals surface area contributed by atoms with Crippen molar-refractivity contribution in [2.45, 2.75) is 20.8 Å². The fraction of sp³-hybridized carbons (Fsp3) is 0.385. The van der Waals surface area contributed by atoms with E-state index in [2.05, 4.69) is 15.0 Å². The zero-order valence-corrected chi connectivity index (χ0v) is 11.0. The molecule has 1 heterocycles. The second kappa shape index (κ2) is 5.53. The number of ether oxygens (including phenoxy) is 1. The van der Waals surface area contributed by atoms with Gasteiger partial charge in [-0.05, 0) is 18.2 Å². The van der Waals surface area contributed by atoms with Gasteiger partial charge in [0.25, 0.3) is 0 Å². The van der Waals surface area contributed by atoms with Crippen molar-refractivity contribution in [1.29, 1.82) is 0 Å². The van der Waals surface area contributed by atoms with Gasteiger partial charge in [0.1, 0.15) is 5.70 Å². The highest BCUT2D eigenvalue weighted by Crippen LogP contribution is 2.14.